The van der Waals surface area contributed by atoms with Crippen molar-refractivity contribution in [1.29, 1.82) is 0 Å². The molecule has 0 atom stereocenters. The summed E-state index contributed by atoms with van der Waals surface area (Å²) in [6.45, 7) is 0.590. The van der Waals surface area contributed by atoms with Crippen LogP contribution < -0.4 is 4.74 Å². The summed E-state index contributed by atoms with van der Waals surface area (Å²) in [6.07, 6.45) is 0.208. The Morgan fingerprint density at radius 2 is 1.84 bits per heavy atom. The Bertz CT molecular complexity index is 1080. The Hall–Kier alpha value is -2.94. The van der Waals surface area contributed by atoms with Gasteiger partial charge in [0, 0.05) is 17.5 Å². The molecule has 31 heavy (non-hydrogen) atoms. The van der Waals surface area contributed by atoms with Crippen LogP contribution in [-0.2, 0) is 30.9 Å². The number of benzene rings is 2. The molecule has 0 aliphatic rings. The highest BCUT2D eigenvalue weighted by Crippen LogP contribution is 2.32. The molecule has 0 aliphatic heterocycles. The molecule has 0 saturated heterocycles. The van der Waals surface area contributed by atoms with Gasteiger partial charge in [0.05, 0.1) is 10.6 Å². The van der Waals surface area contributed by atoms with Gasteiger partial charge in [0.15, 0.2) is 17.4 Å². The van der Waals surface area contributed by atoms with E-state index in [-0.39, 0.29) is 41.1 Å². The number of alkyl halides is 1. The topological polar surface area (TPSA) is 59.4 Å². The van der Waals surface area contributed by atoms with Gasteiger partial charge >= 0.3 is 5.97 Å². The molecule has 4 nitrogen and oxygen atoms in total. The molecule has 3 aromatic rings. The lowest BCUT2D eigenvalue weighted by Gasteiger charge is -2.12. The van der Waals surface area contributed by atoms with Crippen LogP contribution in [0.4, 0.5) is 17.6 Å². The number of rotatable bonds is 9. The normalized spacial score (nSPS) is 11.0. The van der Waals surface area contributed by atoms with Crippen molar-refractivity contribution in [3.63, 3.8) is 0 Å². The molecule has 0 spiro atoms. The maximum Gasteiger partial charge on any atom is 0.303 e. The largest absolute Gasteiger partial charge is 0.483 e. The fourth-order valence-electron chi connectivity index (χ4n) is 3.10. The Morgan fingerprint density at radius 3 is 2.42 bits per heavy atom. The van der Waals surface area contributed by atoms with Gasteiger partial charge in [-0.2, -0.15) is 4.37 Å². The monoisotopic (exact) mass is 453 g/mol. The van der Waals surface area contributed by atoms with Gasteiger partial charge in [0.1, 0.15) is 19.1 Å². The number of aryl methyl sites for hydroxylation is 2. The van der Waals surface area contributed by atoms with Crippen LogP contribution in [0.15, 0.2) is 30.3 Å². The Kier molecular flexibility index (Phi) is 7.27. The number of carboxylic acids is 1. The van der Waals surface area contributed by atoms with Gasteiger partial charge in [-0.15, -0.1) is 0 Å². The third-order valence-corrected chi connectivity index (χ3v) is 5.59. The van der Waals surface area contributed by atoms with Crippen molar-refractivity contribution < 1.29 is 32.2 Å². The van der Waals surface area contributed by atoms with Gasteiger partial charge < -0.3 is 9.84 Å². The molecule has 0 bridgehead atoms. The highest BCUT2D eigenvalue weighted by molar-refractivity contribution is 7.06. The molecule has 1 heterocycles. The van der Waals surface area contributed by atoms with E-state index in [2.05, 4.69) is 4.37 Å². The van der Waals surface area contributed by atoms with E-state index in [0.29, 0.717) is 17.5 Å². The van der Waals surface area contributed by atoms with E-state index in [1.807, 2.05) is 6.92 Å². The van der Waals surface area contributed by atoms with Crippen LogP contribution in [-0.4, -0.2) is 15.4 Å². The quantitative estimate of drug-likeness (QED) is 0.413. The molecule has 0 unspecified atom stereocenters. The number of aromatic nitrogens is 1. The number of carboxylic acid groups (broad SMARTS) is 1. The van der Waals surface area contributed by atoms with Crippen LogP contribution in [0, 0.1) is 17.5 Å². The fourth-order valence-corrected chi connectivity index (χ4v) is 3.83. The fraction of sp³-hybridized carbons (Fsp3) is 0.273. The number of halogens is 4. The third kappa shape index (κ3) is 5.22. The minimum Gasteiger partial charge on any atom is -0.483 e. The molecular formula is C22H19F4NO3S. The molecule has 164 valence electrons. The molecule has 0 aliphatic carbocycles. The highest BCUT2D eigenvalue weighted by atomic mass is 32.1. The number of hydrogen-bond donors (Lipinski definition) is 1. The Labute approximate surface area is 180 Å². The van der Waals surface area contributed by atoms with Crippen molar-refractivity contribution in [1.82, 2.24) is 4.37 Å². The smallest absolute Gasteiger partial charge is 0.303 e. The summed E-state index contributed by atoms with van der Waals surface area (Å²) in [6, 6.07) is 6.56. The molecule has 0 radical (unpaired) electrons. The maximum absolute atomic E-state index is 14.4. The van der Waals surface area contributed by atoms with Crippen LogP contribution in [0.2, 0.25) is 0 Å². The first kappa shape index (κ1) is 22.7. The van der Waals surface area contributed by atoms with E-state index in [1.54, 1.807) is 12.1 Å². The number of aliphatic carboxylic acids is 1. The second-order valence-electron chi connectivity index (χ2n) is 6.80. The van der Waals surface area contributed by atoms with E-state index >= 15 is 0 Å². The minimum atomic E-state index is -1.08. The zero-order valence-corrected chi connectivity index (χ0v) is 17.4. The second-order valence-corrected chi connectivity index (χ2v) is 7.66. The Balaban J connectivity index is 1.86. The van der Waals surface area contributed by atoms with Gasteiger partial charge in [0.25, 0.3) is 0 Å². The highest BCUT2D eigenvalue weighted by Gasteiger charge is 2.20. The van der Waals surface area contributed by atoms with Crippen molar-refractivity contribution in [2.24, 2.45) is 0 Å². The molecule has 1 aromatic heterocycles. The SMILES string of the molecule is CCc1ccc(-c2nsc(CF)c2COc2c(F)cc(CCC(=O)O)cc2F)cc1F. The van der Waals surface area contributed by atoms with Crippen LogP contribution in [0.5, 0.6) is 5.75 Å². The van der Waals surface area contributed by atoms with Crippen LogP contribution >= 0.6 is 11.5 Å². The van der Waals surface area contributed by atoms with Crippen molar-refractivity contribution in [3.05, 3.63) is 69.4 Å². The van der Waals surface area contributed by atoms with Crippen molar-refractivity contribution in [3.8, 4) is 17.0 Å². The lowest BCUT2D eigenvalue weighted by Crippen LogP contribution is -2.04. The standard InChI is InChI=1S/C22H19F4NO3S/c1-2-13-4-5-14(9-16(13)24)21-15(19(10-23)31-27-21)11-30-22-17(25)7-12(8-18(22)26)3-6-20(28)29/h4-5,7-9H,2-3,6,10-11H2,1H3,(H,28,29). The van der Waals surface area contributed by atoms with Gasteiger partial charge in [-0.25, -0.2) is 17.6 Å². The van der Waals surface area contributed by atoms with Crippen LogP contribution in [0.25, 0.3) is 11.3 Å². The summed E-state index contributed by atoms with van der Waals surface area (Å²) in [4.78, 5) is 10.9. The average molecular weight is 453 g/mol. The zero-order valence-electron chi connectivity index (χ0n) is 16.6. The van der Waals surface area contributed by atoms with Crippen molar-refractivity contribution in [2.45, 2.75) is 39.5 Å². The van der Waals surface area contributed by atoms with E-state index in [4.69, 9.17) is 9.84 Å². The van der Waals surface area contributed by atoms with Crippen molar-refractivity contribution >= 4 is 17.5 Å². The van der Waals surface area contributed by atoms with Crippen LogP contribution in [0.1, 0.15) is 34.9 Å². The lowest BCUT2D eigenvalue weighted by molar-refractivity contribution is -0.136. The van der Waals surface area contributed by atoms with Gasteiger partial charge in [0.2, 0.25) is 0 Å². The summed E-state index contributed by atoms with van der Waals surface area (Å²) in [7, 11) is 0. The maximum atomic E-state index is 14.4. The Morgan fingerprint density at radius 1 is 1.13 bits per heavy atom. The summed E-state index contributed by atoms with van der Waals surface area (Å²) >= 11 is 0.872. The molecule has 0 fully saturated rings. The molecule has 3 rings (SSSR count). The van der Waals surface area contributed by atoms with Gasteiger partial charge in [-0.3, -0.25) is 4.79 Å². The summed E-state index contributed by atoms with van der Waals surface area (Å²) < 4.78 is 65.8. The van der Waals surface area contributed by atoms with E-state index in [9.17, 15) is 22.4 Å². The predicted octanol–water partition coefficient (Wildman–Crippen LogP) is 5.86. The summed E-state index contributed by atoms with van der Waals surface area (Å²) in [5, 5.41) is 8.70. The number of carbonyl (C=O) groups is 1. The third-order valence-electron chi connectivity index (χ3n) is 4.74. The van der Waals surface area contributed by atoms with E-state index in [0.717, 1.165) is 23.7 Å². The molecule has 9 heteroatoms. The predicted molar refractivity (Wildman–Crippen MR) is 108 cm³/mol. The number of hydrogen-bond acceptors (Lipinski definition) is 4. The molecule has 0 amide bonds. The number of nitrogens with zero attached hydrogens (tertiary/aromatic N) is 1. The van der Waals surface area contributed by atoms with Gasteiger partial charge in [-0.1, -0.05) is 19.1 Å². The van der Waals surface area contributed by atoms with Crippen molar-refractivity contribution in [2.75, 3.05) is 0 Å². The van der Waals surface area contributed by atoms with E-state index < -0.39 is 35.8 Å². The first-order valence-corrected chi connectivity index (χ1v) is 10.3. The first-order chi connectivity index (χ1) is 14.8. The second kappa shape index (κ2) is 9.91. The zero-order chi connectivity index (χ0) is 22.5. The summed E-state index contributed by atoms with van der Waals surface area (Å²) in [5.74, 6) is -4.15. The lowest BCUT2D eigenvalue weighted by atomic mass is 10.0. The minimum absolute atomic E-state index is 0.0344. The molecule has 2 aromatic carbocycles. The molecule has 1 N–H and O–H groups in total. The first-order valence-electron chi connectivity index (χ1n) is 9.48. The van der Waals surface area contributed by atoms with E-state index in [1.165, 1.54) is 6.07 Å². The van der Waals surface area contributed by atoms with Gasteiger partial charge in [-0.05, 0) is 53.7 Å². The average Bonchev–Trinajstić information content (AvgIpc) is 3.14. The molecular weight excluding hydrogens is 434 g/mol. The number of ether oxygens (including phenoxy) is 1. The summed E-state index contributed by atoms with van der Waals surface area (Å²) in [5.41, 5.74) is 1.69. The molecule has 0 saturated carbocycles. The van der Waals surface area contributed by atoms with Crippen LogP contribution in [0.3, 0.4) is 0 Å².